The predicted molar refractivity (Wildman–Crippen MR) is 143 cm³/mol. The van der Waals surface area contributed by atoms with Crippen molar-refractivity contribution in [2.45, 2.75) is 84.3 Å². The van der Waals surface area contributed by atoms with Crippen LogP contribution in [0.15, 0.2) is 36.7 Å². The van der Waals surface area contributed by atoms with Crippen molar-refractivity contribution < 1.29 is 14.6 Å². The van der Waals surface area contributed by atoms with Crippen molar-refractivity contribution in [1.29, 1.82) is 0 Å². The lowest BCUT2D eigenvalue weighted by atomic mass is 9.79. The summed E-state index contributed by atoms with van der Waals surface area (Å²) in [6.45, 7) is 11.9. The van der Waals surface area contributed by atoms with Crippen molar-refractivity contribution in [1.82, 2.24) is 15.0 Å². The van der Waals surface area contributed by atoms with Crippen molar-refractivity contribution in [2.24, 2.45) is 5.92 Å². The fraction of sp³-hybridized carbons (Fsp3) is 0.500. The highest BCUT2D eigenvalue weighted by Gasteiger charge is 2.40. The Balaban J connectivity index is 1.48. The first-order chi connectivity index (χ1) is 16.9. The molecule has 2 N–H and O–H groups in total. The van der Waals surface area contributed by atoms with Gasteiger partial charge in [-0.1, -0.05) is 19.9 Å². The van der Waals surface area contributed by atoms with E-state index in [1.165, 1.54) is 11.3 Å². The second kappa shape index (κ2) is 10.3. The van der Waals surface area contributed by atoms with Gasteiger partial charge in [0.1, 0.15) is 16.2 Å². The van der Waals surface area contributed by atoms with Crippen LogP contribution in [0.2, 0.25) is 0 Å². The molecule has 0 unspecified atom stereocenters. The van der Waals surface area contributed by atoms with E-state index in [1.54, 1.807) is 6.20 Å². The number of ether oxygens (including phenoxy) is 1. The molecule has 1 saturated carbocycles. The summed E-state index contributed by atoms with van der Waals surface area (Å²) in [6, 6.07) is 8.15. The lowest BCUT2D eigenvalue weighted by molar-refractivity contribution is -0.163. The molecule has 0 saturated heterocycles. The van der Waals surface area contributed by atoms with Crippen molar-refractivity contribution in [3.8, 4) is 10.4 Å². The third kappa shape index (κ3) is 6.28. The van der Waals surface area contributed by atoms with Crippen molar-refractivity contribution in [3.63, 3.8) is 0 Å². The van der Waals surface area contributed by atoms with Crippen LogP contribution in [0.1, 0.15) is 82.5 Å². The third-order valence-electron chi connectivity index (χ3n) is 6.34. The molecule has 0 aliphatic heterocycles. The smallest absolute Gasteiger partial charge is 0.309 e. The quantitative estimate of drug-likeness (QED) is 0.367. The van der Waals surface area contributed by atoms with Gasteiger partial charge in [-0.05, 0) is 88.6 Å². The van der Waals surface area contributed by atoms with Gasteiger partial charge in [0.05, 0.1) is 10.8 Å². The average Bonchev–Trinajstić information content (AvgIpc) is 3.30. The number of thiazole rings is 1. The van der Waals surface area contributed by atoms with E-state index in [-0.39, 0.29) is 11.9 Å². The number of esters is 1. The Hall–Kier alpha value is -2.84. The number of anilines is 2. The lowest BCUT2D eigenvalue weighted by Gasteiger charge is -2.34. The minimum Gasteiger partial charge on any atom is -0.460 e. The van der Waals surface area contributed by atoms with Crippen LogP contribution in [-0.4, -0.2) is 31.6 Å². The predicted octanol–water partition coefficient (Wildman–Crippen LogP) is 6.50. The van der Waals surface area contributed by atoms with E-state index < -0.39 is 11.2 Å². The number of hydrogen-bond acceptors (Lipinski definition) is 8. The van der Waals surface area contributed by atoms with E-state index in [1.807, 2.05) is 40.0 Å². The average molecular weight is 509 g/mol. The second-order valence-corrected chi connectivity index (χ2v) is 12.1. The summed E-state index contributed by atoms with van der Waals surface area (Å²) in [4.78, 5) is 27.0. The minimum absolute atomic E-state index is 0.174. The first-order valence-corrected chi connectivity index (χ1v) is 13.4. The monoisotopic (exact) mass is 508 g/mol. The molecule has 1 fully saturated rings. The van der Waals surface area contributed by atoms with Gasteiger partial charge in [-0.2, -0.15) is 0 Å². The van der Waals surface area contributed by atoms with Crippen LogP contribution in [0.3, 0.4) is 0 Å². The SMILES string of the molecule is Cc1cc(Nc2nccc(C(C)C)n2)cc(-c2cnc([C@]3(O)CC[C@H](C(=O)OC(C)(C)C)CC3)s2)c1. The summed E-state index contributed by atoms with van der Waals surface area (Å²) in [6.07, 6.45) is 5.77. The molecular formula is C28H36N4O3S. The zero-order valence-corrected chi connectivity index (χ0v) is 22.8. The molecule has 192 valence electrons. The largest absolute Gasteiger partial charge is 0.460 e. The summed E-state index contributed by atoms with van der Waals surface area (Å²) in [7, 11) is 0. The normalized spacial score (nSPS) is 20.4. The number of benzene rings is 1. The summed E-state index contributed by atoms with van der Waals surface area (Å²) in [5.74, 6) is 0.541. The number of aryl methyl sites for hydroxylation is 1. The molecular weight excluding hydrogens is 472 g/mol. The second-order valence-electron chi connectivity index (χ2n) is 11.0. The molecule has 2 aromatic heterocycles. The highest BCUT2D eigenvalue weighted by Crippen LogP contribution is 2.43. The Morgan fingerprint density at radius 2 is 1.92 bits per heavy atom. The lowest BCUT2D eigenvalue weighted by Crippen LogP contribution is -2.36. The van der Waals surface area contributed by atoms with Crippen molar-refractivity contribution >= 4 is 28.9 Å². The van der Waals surface area contributed by atoms with Gasteiger partial charge in [0.15, 0.2) is 0 Å². The molecule has 1 aromatic carbocycles. The van der Waals surface area contributed by atoms with Crippen LogP contribution < -0.4 is 5.32 Å². The van der Waals surface area contributed by atoms with Gasteiger partial charge in [-0.15, -0.1) is 11.3 Å². The number of nitrogens with zero attached hydrogens (tertiary/aromatic N) is 3. The van der Waals surface area contributed by atoms with E-state index >= 15 is 0 Å². The van der Waals surface area contributed by atoms with Gasteiger partial charge in [-0.25, -0.2) is 15.0 Å². The maximum atomic E-state index is 12.5. The van der Waals surface area contributed by atoms with E-state index in [9.17, 15) is 9.90 Å². The van der Waals surface area contributed by atoms with E-state index in [4.69, 9.17) is 4.74 Å². The summed E-state index contributed by atoms with van der Waals surface area (Å²) >= 11 is 1.50. The molecule has 2 heterocycles. The number of carbonyl (C=O) groups is 1. The zero-order valence-electron chi connectivity index (χ0n) is 22.0. The third-order valence-corrected chi connectivity index (χ3v) is 7.58. The van der Waals surface area contributed by atoms with E-state index in [2.05, 4.69) is 52.3 Å². The summed E-state index contributed by atoms with van der Waals surface area (Å²) < 4.78 is 5.55. The molecule has 1 aliphatic carbocycles. The van der Waals surface area contributed by atoms with Gasteiger partial charge in [0.25, 0.3) is 0 Å². The molecule has 36 heavy (non-hydrogen) atoms. The van der Waals surface area contributed by atoms with Gasteiger partial charge in [-0.3, -0.25) is 4.79 Å². The molecule has 3 aromatic rings. The highest BCUT2D eigenvalue weighted by atomic mass is 32.1. The number of hydrogen-bond donors (Lipinski definition) is 2. The van der Waals surface area contributed by atoms with Crippen molar-refractivity contribution in [2.75, 3.05) is 5.32 Å². The molecule has 0 amide bonds. The Labute approximate surface area is 217 Å². The molecule has 8 heteroatoms. The number of rotatable bonds is 6. The first kappa shape index (κ1) is 26.2. The van der Waals surface area contributed by atoms with Crippen LogP contribution in [-0.2, 0) is 15.1 Å². The van der Waals surface area contributed by atoms with Crippen LogP contribution in [0, 0.1) is 12.8 Å². The Kier molecular flexibility index (Phi) is 7.48. The maximum Gasteiger partial charge on any atom is 0.309 e. The highest BCUT2D eigenvalue weighted by molar-refractivity contribution is 7.15. The molecule has 4 rings (SSSR count). The fourth-order valence-electron chi connectivity index (χ4n) is 4.43. The zero-order chi connectivity index (χ0) is 26.1. The van der Waals surface area contributed by atoms with Gasteiger partial charge < -0.3 is 15.2 Å². The Bertz CT molecular complexity index is 1220. The summed E-state index contributed by atoms with van der Waals surface area (Å²) in [5.41, 5.74) is 2.49. The van der Waals surface area contributed by atoms with Gasteiger partial charge >= 0.3 is 5.97 Å². The van der Waals surface area contributed by atoms with Crippen LogP contribution in [0.4, 0.5) is 11.6 Å². The summed E-state index contributed by atoms with van der Waals surface area (Å²) in [5, 5.41) is 15.4. The van der Waals surface area contributed by atoms with E-state index in [0.29, 0.717) is 42.6 Å². The number of aliphatic hydroxyl groups is 1. The van der Waals surface area contributed by atoms with Crippen LogP contribution in [0.25, 0.3) is 10.4 Å². The van der Waals surface area contributed by atoms with Gasteiger partial charge in [0.2, 0.25) is 5.95 Å². The van der Waals surface area contributed by atoms with Crippen LogP contribution >= 0.6 is 11.3 Å². The number of aromatic nitrogens is 3. The first-order valence-electron chi connectivity index (χ1n) is 12.6. The molecule has 7 nitrogen and oxygen atoms in total. The van der Waals surface area contributed by atoms with Gasteiger partial charge in [0, 0.05) is 23.8 Å². The maximum absolute atomic E-state index is 12.5. The Morgan fingerprint density at radius 3 is 2.58 bits per heavy atom. The van der Waals surface area contributed by atoms with Crippen LogP contribution in [0.5, 0.6) is 0 Å². The number of carbonyl (C=O) groups excluding carboxylic acids is 1. The molecule has 1 aliphatic rings. The standard InChI is InChI=1S/C28H36N4O3S/c1-17(2)22-9-12-29-26(32-22)31-21-14-18(3)13-20(15-21)23-16-30-25(36-23)28(34)10-7-19(8-11-28)24(33)35-27(4,5)6/h9,12-17,19,34H,7-8,10-11H2,1-6H3,(H,29,31,32)/t19-,28-. The van der Waals surface area contributed by atoms with E-state index in [0.717, 1.165) is 27.4 Å². The molecule has 0 bridgehead atoms. The minimum atomic E-state index is -1.02. The Morgan fingerprint density at radius 1 is 1.19 bits per heavy atom. The topological polar surface area (TPSA) is 97.2 Å². The molecule has 0 radical (unpaired) electrons. The fourth-order valence-corrected chi connectivity index (χ4v) is 5.48. The molecule has 0 spiro atoms. The molecule has 0 atom stereocenters. The van der Waals surface area contributed by atoms with Crippen molar-refractivity contribution in [3.05, 3.63) is 52.9 Å². The number of nitrogens with one attached hydrogen (secondary N) is 1.